The van der Waals surface area contributed by atoms with Crippen LogP contribution in [0.3, 0.4) is 0 Å². The van der Waals surface area contributed by atoms with Crippen molar-refractivity contribution in [1.82, 2.24) is 10.3 Å². The summed E-state index contributed by atoms with van der Waals surface area (Å²) in [7, 11) is 0. The topological polar surface area (TPSA) is 24.9 Å². The van der Waals surface area contributed by atoms with Gasteiger partial charge >= 0.3 is 0 Å². The van der Waals surface area contributed by atoms with Crippen molar-refractivity contribution in [3.05, 3.63) is 30.1 Å². The third kappa shape index (κ3) is 3.55. The fraction of sp³-hybridized carbons (Fsp3) is 0.545. The molecule has 0 aliphatic carbocycles. The molecule has 1 rings (SSSR count). The van der Waals surface area contributed by atoms with Crippen LogP contribution < -0.4 is 5.32 Å². The Bertz CT molecular complexity index is 221. The summed E-state index contributed by atoms with van der Waals surface area (Å²) in [6.45, 7) is 6.52. The molecular weight excluding hydrogens is 160 g/mol. The highest BCUT2D eigenvalue weighted by Crippen LogP contribution is 2.16. The molecule has 0 bridgehead atoms. The minimum absolute atomic E-state index is 0.604. The van der Waals surface area contributed by atoms with Crippen molar-refractivity contribution in [2.24, 2.45) is 0 Å². The van der Waals surface area contributed by atoms with E-state index in [-0.39, 0.29) is 0 Å². The van der Waals surface area contributed by atoms with E-state index in [1.165, 1.54) is 12.0 Å². The number of nitrogens with zero attached hydrogens (tertiary/aromatic N) is 1. The standard InChI is InChI=1S/C11H18N2/c1-3-12-8-6-10(2)11-5-4-7-13-9-11/h4-5,7,9-10,12H,3,6,8H2,1-2H3. The van der Waals surface area contributed by atoms with Gasteiger partial charge in [-0.15, -0.1) is 0 Å². The van der Waals surface area contributed by atoms with Crippen LogP contribution in [0.4, 0.5) is 0 Å². The summed E-state index contributed by atoms with van der Waals surface area (Å²) < 4.78 is 0. The number of nitrogens with one attached hydrogen (secondary N) is 1. The molecule has 1 aromatic rings. The maximum atomic E-state index is 4.11. The molecular formula is C11H18N2. The SMILES string of the molecule is CCNCCC(C)c1cccnc1. The van der Waals surface area contributed by atoms with Gasteiger partial charge in [0.1, 0.15) is 0 Å². The number of aromatic nitrogens is 1. The van der Waals surface area contributed by atoms with Gasteiger partial charge in [0.25, 0.3) is 0 Å². The number of pyridine rings is 1. The molecule has 0 amide bonds. The first-order valence-electron chi connectivity index (χ1n) is 4.95. The molecule has 0 radical (unpaired) electrons. The third-order valence-electron chi connectivity index (χ3n) is 2.26. The molecule has 13 heavy (non-hydrogen) atoms. The van der Waals surface area contributed by atoms with E-state index in [2.05, 4.69) is 30.2 Å². The van der Waals surface area contributed by atoms with Crippen LogP contribution in [0.5, 0.6) is 0 Å². The zero-order valence-electron chi connectivity index (χ0n) is 8.46. The van der Waals surface area contributed by atoms with E-state index in [0.29, 0.717) is 5.92 Å². The van der Waals surface area contributed by atoms with Crippen molar-refractivity contribution in [2.75, 3.05) is 13.1 Å². The Morgan fingerprint density at radius 1 is 1.54 bits per heavy atom. The smallest absolute Gasteiger partial charge is 0.0302 e. The van der Waals surface area contributed by atoms with Gasteiger partial charge in [-0.25, -0.2) is 0 Å². The molecule has 2 heteroatoms. The maximum Gasteiger partial charge on any atom is 0.0302 e. The zero-order valence-corrected chi connectivity index (χ0v) is 8.46. The van der Waals surface area contributed by atoms with E-state index in [9.17, 15) is 0 Å². The molecule has 0 fully saturated rings. The van der Waals surface area contributed by atoms with Crippen LogP contribution in [-0.4, -0.2) is 18.1 Å². The van der Waals surface area contributed by atoms with Crippen molar-refractivity contribution >= 4 is 0 Å². The highest BCUT2D eigenvalue weighted by Gasteiger charge is 2.03. The molecule has 2 nitrogen and oxygen atoms in total. The van der Waals surface area contributed by atoms with E-state index in [4.69, 9.17) is 0 Å². The molecule has 0 aromatic carbocycles. The van der Waals surface area contributed by atoms with Crippen molar-refractivity contribution in [3.63, 3.8) is 0 Å². The molecule has 72 valence electrons. The van der Waals surface area contributed by atoms with Gasteiger partial charge in [0.15, 0.2) is 0 Å². The average molecular weight is 178 g/mol. The summed E-state index contributed by atoms with van der Waals surface area (Å²) in [5, 5.41) is 3.33. The second-order valence-corrected chi connectivity index (χ2v) is 3.33. The van der Waals surface area contributed by atoms with Crippen LogP contribution in [0.15, 0.2) is 24.5 Å². The number of hydrogen-bond acceptors (Lipinski definition) is 2. The Morgan fingerprint density at radius 2 is 2.38 bits per heavy atom. The second-order valence-electron chi connectivity index (χ2n) is 3.33. The van der Waals surface area contributed by atoms with Crippen LogP contribution in [0.2, 0.25) is 0 Å². The Balaban J connectivity index is 2.35. The van der Waals surface area contributed by atoms with Gasteiger partial charge in [-0.05, 0) is 37.1 Å². The first-order chi connectivity index (χ1) is 6.34. The van der Waals surface area contributed by atoms with Gasteiger partial charge in [-0.1, -0.05) is 19.9 Å². The van der Waals surface area contributed by atoms with Crippen LogP contribution in [0.1, 0.15) is 31.7 Å². The minimum Gasteiger partial charge on any atom is -0.317 e. The molecule has 1 heterocycles. The van der Waals surface area contributed by atoms with Gasteiger partial charge in [-0.3, -0.25) is 4.98 Å². The van der Waals surface area contributed by atoms with Crippen LogP contribution in [0.25, 0.3) is 0 Å². The molecule has 0 spiro atoms. The monoisotopic (exact) mass is 178 g/mol. The minimum atomic E-state index is 0.604. The predicted octanol–water partition coefficient (Wildman–Crippen LogP) is 2.18. The van der Waals surface area contributed by atoms with E-state index >= 15 is 0 Å². The first-order valence-corrected chi connectivity index (χ1v) is 4.95. The lowest BCUT2D eigenvalue weighted by Crippen LogP contribution is -2.15. The highest BCUT2D eigenvalue weighted by molar-refractivity contribution is 5.13. The summed E-state index contributed by atoms with van der Waals surface area (Å²) in [6, 6.07) is 4.14. The summed E-state index contributed by atoms with van der Waals surface area (Å²) in [4.78, 5) is 4.11. The molecule has 0 aliphatic heterocycles. The van der Waals surface area contributed by atoms with Crippen molar-refractivity contribution in [3.8, 4) is 0 Å². The predicted molar refractivity (Wildman–Crippen MR) is 55.8 cm³/mol. The van der Waals surface area contributed by atoms with Crippen LogP contribution >= 0.6 is 0 Å². The van der Waals surface area contributed by atoms with Gasteiger partial charge in [0, 0.05) is 12.4 Å². The van der Waals surface area contributed by atoms with Gasteiger partial charge < -0.3 is 5.32 Å². The van der Waals surface area contributed by atoms with Crippen LogP contribution in [0, 0.1) is 0 Å². The Labute approximate surface area is 80.4 Å². The van der Waals surface area contributed by atoms with Crippen molar-refractivity contribution in [2.45, 2.75) is 26.2 Å². The maximum absolute atomic E-state index is 4.11. The van der Waals surface area contributed by atoms with Gasteiger partial charge in [0.05, 0.1) is 0 Å². The first kappa shape index (κ1) is 10.2. The molecule has 0 saturated heterocycles. The lowest BCUT2D eigenvalue weighted by Gasteiger charge is -2.10. The van der Waals surface area contributed by atoms with Gasteiger partial charge in [0.2, 0.25) is 0 Å². The molecule has 1 atom stereocenters. The Hall–Kier alpha value is -0.890. The van der Waals surface area contributed by atoms with E-state index in [1.807, 2.05) is 18.5 Å². The van der Waals surface area contributed by atoms with Gasteiger partial charge in [-0.2, -0.15) is 0 Å². The Morgan fingerprint density at radius 3 is 3.00 bits per heavy atom. The van der Waals surface area contributed by atoms with Crippen molar-refractivity contribution in [1.29, 1.82) is 0 Å². The molecule has 0 saturated carbocycles. The molecule has 0 aliphatic rings. The summed E-state index contributed by atoms with van der Waals surface area (Å²) in [6.07, 6.45) is 4.96. The molecule has 1 aromatic heterocycles. The second kappa shape index (κ2) is 5.70. The van der Waals surface area contributed by atoms with E-state index in [1.54, 1.807) is 0 Å². The summed E-state index contributed by atoms with van der Waals surface area (Å²) >= 11 is 0. The average Bonchev–Trinajstić information content (AvgIpc) is 2.19. The lowest BCUT2D eigenvalue weighted by molar-refractivity contribution is 0.607. The number of rotatable bonds is 5. The fourth-order valence-electron chi connectivity index (χ4n) is 1.33. The number of hydrogen-bond donors (Lipinski definition) is 1. The molecule has 1 unspecified atom stereocenters. The summed E-state index contributed by atoms with van der Waals surface area (Å²) in [5.74, 6) is 0.604. The van der Waals surface area contributed by atoms with Crippen molar-refractivity contribution < 1.29 is 0 Å². The van der Waals surface area contributed by atoms with E-state index in [0.717, 1.165) is 13.1 Å². The van der Waals surface area contributed by atoms with Crippen LogP contribution in [-0.2, 0) is 0 Å². The summed E-state index contributed by atoms with van der Waals surface area (Å²) in [5.41, 5.74) is 1.33. The Kier molecular flexibility index (Phi) is 4.47. The largest absolute Gasteiger partial charge is 0.317 e. The third-order valence-corrected chi connectivity index (χ3v) is 2.26. The normalized spacial score (nSPS) is 12.8. The highest BCUT2D eigenvalue weighted by atomic mass is 14.8. The quantitative estimate of drug-likeness (QED) is 0.699. The zero-order chi connectivity index (χ0) is 9.52. The fourth-order valence-corrected chi connectivity index (χ4v) is 1.33. The molecule has 1 N–H and O–H groups in total. The lowest BCUT2D eigenvalue weighted by atomic mass is 10.00. The van der Waals surface area contributed by atoms with E-state index < -0.39 is 0 Å².